The summed E-state index contributed by atoms with van der Waals surface area (Å²) in [6, 6.07) is 5.45. The lowest BCUT2D eigenvalue weighted by Crippen LogP contribution is -2.29. The van der Waals surface area contributed by atoms with Gasteiger partial charge >= 0.3 is 0 Å². The maximum Gasteiger partial charge on any atom is 0.251 e. The molecule has 0 atom stereocenters. The number of hydrogen-bond donors (Lipinski definition) is 0. The summed E-state index contributed by atoms with van der Waals surface area (Å²) in [6.45, 7) is 8.13. The minimum Gasteiger partial charge on any atom is -0.307 e. The van der Waals surface area contributed by atoms with Crippen LogP contribution in [0.4, 0.5) is 0 Å². The number of nitrogens with zero attached hydrogens (tertiary/aromatic N) is 1. The van der Waals surface area contributed by atoms with Crippen molar-refractivity contribution in [3.63, 3.8) is 0 Å². The first-order chi connectivity index (χ1) is 6.63. The zero-order valence-corrected chi connectivity index (χ0v) is 9.50. The molecule has 1 aromatic rings. The van der Waals surface area contributed by atoms with Crippen LogP contribution in [0, 0.1) is 6.92 Å². The van der Waals surface area contributed by atoms with Crippen LogP contribution < -0.4 is 5.56 Å². The minimum absolute atomic E-state index is 0.127. The summed E-state index contributed by atoms with van der Waals surface area (Å²) in [5.41, 5.74) is 1.33. The Morgan fingerprint density at radius 3 is 2.29 bits per heavy atom. The van der Waals surface area contributed by atoms with Crippen LogP contribution in [-0.4, -0.2) is 4.57 Å². The van der Waals surface area contributed by atoms with Crippen LogP contribution in [0.15, 0.2) is 23.0 Å². The van der Waals surface area contributed by atoms with Crippen molar-refractivity contribution in [1.82, 2.24) is 4.57 Å². The van der Waals surface area contributed by atoms with Gasteiger partial charge in [0.2, 0.25) is 0 Å². The molecular formula is C12H19NO. The average molecular weight is 193 g/mol. The molecule has 0 radical (unpaired) electrons. The van der Waals surface area contributed by atoms with Gasteiger partial charge in [-0.3, -0.25) is 4.79 Å². The number of aromatic nitrogens is 1. The minimum atomic E-state index is 0.127. The molecule has 2 rings (SSSR count). The fourth-order valence-corrected chi connectivity index (χ4v) is 1.69. The van der Waals surface area contributed by atoms with Gasteiger partial charge in [0.05, 0.1) is 0 Å². The molecule has 2 heteroatoms. The van der Waals surface area contributed by atoms with Gasteiger partial charge in [-0.25, -0.2) is 0 Å². The summed E-state index contributed by atoms with van der Waals surface area (Å²) < 4.78 is 1.91. The normalized spacial score (nSPS) is 16.9. The van der Waals surface area contributed by atoms with E-state index in [1.165, 1.54) is 0 Å². The molecular weight excluding hydrogens is 174 g/mol. The SMILES string of the molecule is CC.Cc1cccc(=O)n1C1(C)CC1. The van der Waals surface area contributed by atoms with Crippen LogP contribution in [-0.2, 0) is 5.54 Å². The van der Waals surface area contributed by atoms with Gasteiger partial charge in [0, 0.05) is 17.3 Å². The van der Waals surface area contributed by atoms with Crippen LogP contribution >= 0.6 is 0 Å². The van der Waals surface area contributed by atoms with Crippen molar-refractivity contribution in [2.24, 2.45) is 0 Å². The van der Waals surface area contributed by atoms with Crippen molar-refractivity contribution in [2.75, 3.05) is 0 Å². The fourth-order valence-electron chi connectivity index (χ4n) is 1.69. The highest BCUT2D eigenvalue weighted by molar-refractivity contribution is 5.11. The van der Waals surface area contributed by atoms with Gasteiger partial charge < -0.3 is 4.57 Å². The van der Waals surface area contributed by atoms with Crippen molar-refractivity contribution in [3.05, 3.63) is 34.2 Å². The van der Waals surface area contributed by atoms with Crippen molar-refractivity contribution < 1.29 is 0 Å². The molecule has 0 spiro atoms. The van der Waals surface area contributed by atoms with Crippen LogP contribution in [0.25, 0.3) is 0 Å². The molecule has 78 valence electrons. The summed E-state index contributed by atoms with van der Waals surface area (Å²) in [5, 5.41) is 0. The Hall–Kier alpha value is -1.05. The molecule has 14 heavy (non-hydrogen) atoms. The lowest BCUT2D eigenvalue weighted by atomic mass is 10.2. The van der Waals surface area contributed by atoms with E-state index < -0.39 is 0 Å². The third-order valence-corrected chi connectivity index (χ3v) is 2.66. The Bertz CT molecular complexity index is 361. The van der Waals surface area contributed by atoms with Crippen molar-refractivity contribution in [1.29, 1.82) is 0 Å². The van der Waals surface area contributed by atoms with E-state index in [2.05, 4.69) is 6.92 Å². The van der Waals surface area contributed by atoms with Crippen molar-refractivity contribution in [3.8, 4) is 0 Å². The van der Waals surface area contributed by atoms with E-state index in [0.717, 1.165) is 18.5 Å². The second-order valence-electron chi connectivity index (χ2n) is 3.84. The largest absolute Gasteiger partial charge is 0.307 e. The molecule has 0 aliphatic heterocycles. The number of hydrogen-bond acceptors (Lipinski definition) is 1. The van der Waals surface area contributed by atoms with Crippen LogP contribution in [0.5, 0.6) is 0 Å². The summed E-state index contributed by atoms with van der Waals surface area (Å²) >= 11 is 0. The molecule has 0 aromatic carbocycles. The zero-order chi connectivity index (χ0) is 10.8. The zero-order valence-electron chi connectivity index (χ0n) is 9.50. The number of rotatable bonds is 1. The topological polar surface area (TPSA) is 22.0 Å². The molecule has 2 nitrogen and oxygen atoms in total. The van der Waals surface area contributed by atoms with Gasteiger partial charge in [-0.15, -0.1) is 0 Å². The molecule has 1 aliphatic carbocycles. The Morgan fingerprint density at radius 2 is 1.86 bits per heavy atom. The summed E-state index contributed by atoms with van der Waals surface area (Å²) in [4.78, 5) is 11.5. The molecule has 0 saturated heterocycles. The number of pyridine rings is 1. The molecule has 1 aliphatic rings. The third-order valence-electron chi connectivity index (χ3n) is 2.66. The highest BCUT2D eigenvalue weighted by Crippen LogP contribution is 2.42. The fraction of sp³-hybridized carbons (Fsp3) is 0.583. The van der Waals surface area contributed by atoms with E-state index in [4.69, 9.17) is 0 Å². The predicted molar refractivity (Wildman–Crippen MR) is 59.7 cm³/mol. The maximum absolute atomic E-state index is 11.5. The van der Waals surface area contributed by atoms with Gasteiger partial charge in [0.25, 0.3) is 5.56 Å². The molecule has 0 N–H and O–H groups in total. The maximum atomic E-state index is 11.5. The first-order valence-electron chi connectivity index (χ1n) is 5.33. The Morgan fingerprint density at radius 1 is 1.29 bits per heavy atom. The van der Waals surface area contributed by atoms with Crippen LogP contribution in [0.2, 0.25) is 0 Å². The average Bonchev–Trinajstić information content (AvgIpc) is 2.87. The van der Waals surface area contributed by atoms with Gasteiger partial charge in [0.15, 0.2) is 0 Å². The van der Waals surface area contributed by atoms with E-state index >= 15 is 0 Å². The molecule has 1 saturated carbocycles. The standard InChI is InChI=1S/C10H13NO.C2H6/c1-8-4-3-5-9(12)11(8)10(2)6-7-10;1-2/h3-5H,6-7H2,1-2H3;1-2H3. The van der Waals surface area contributed by atoms with Crippen molar-refractivity contribution in [2.45, 2.75) is 46.1 Å². The predicted octanol–water partition coefficient (Wildman–Crippen LogP) is 2.69. The van der Waals surface area contributed by atoms with Gasteiger partial charge in [-0.1, -0.05) is 19.9 Å². The molecule has 0 unspecified atom stereocenters. The van der Waals surface area contributed by atoms with E-state index in [1.54, 1.807) is 6.07 Å². The molecule has 0 amide bonds. The molecule has 1 heterocycles. The molecule has 1 aromatic heterocycles. The monoisotopic (exact) mass is 193 g/mol. The second-order valence-corrected chi connectivity index (χ2v) is 3.84. The smallest absolute Gasteiger partial charge is 0.251 e. The lowest BCUT2D eigenvalue weighted by molar-refractivity contribution is 0.500. The Balaban J connectivity index is 0.000000461. The van der Waals surface area contributed by atoms with Gasteiger partial charge in [-0.2, -0.15) is 0 Å². The highest BCUT2D eigenvalue weighted by atomic mass is 16.1. The summed E-state index contributed by atoms with van der Waals surface area (Å²) in [7, 11) is 0. The first kappa shape index (κ1) is 11.0. The van der Waals surface area contributed by atoms with Crippen LogP contribution in [0.3, 0.4) is 0 Å². The Labute approximate surface area is 85.6 Å². The van der Waals surface area contributed by atoms with Gasteiger partial charge in [-0.05, 0) is 32.8 Å². The van der Waals surface area contributed by atoms with Crippen molar-refractivity contribution >= 4 is 0 Å². The summed E-state index contributed by atoms with van der Waals surface area (Å²) in [6.07, 6.45) is 2.27. The quantitative estimate of drug-likeness (QED) is 0.672. The van der Waals surface area contributed by atoms with E-state index in [1.807, 2.05) is 37.5 Å². The second kappa shape index (κ2) is 3.99. The highest BCUT2D eigenvalue weighted by Gasteiger charge is 2.40. The first-order valence-corrected chi connectivity index (χ1v) is 5.33. The summed E-state index contributed by atoms with van der Waals surface area (Å²) in [5.74, 6) is 0. The van der Waals surface area contributed by atoms with E-state index in [-0.39, 0.29) is 11.1 Å². The van der Waals surface area contributed by atoms with E-state index in [0.29, 0.717) is 0 Å². The molecule has 1 fully saturated rings. The number of aryl methyl sites for hydroxylation is 1. The Kier molecular flexibility index (Phi) is 3.14. The molecule has 0 bridgehead atoms. The van der Waals surface area contributed by atoms with Crippen LogP contribution in [0.1, 0.15) is 39.3 Å². The van der Waals surface area contributed by atoms with E-state index in [9.17, 15) is 4.79 Å². The lowest BCUT2D eigenvalue weighted by Gasteiger charge is -2.15. The van der Waals surface area contributed by atoms with Gasteiger partial charge in [0.1, 0.15) is 0 Å². The third kappa shape index (κ3) is 1.89.